The van der Waals surface area contributed by atoms with Crippen molar-refractivity contribution in [1.82, 2.24) is 5.32 Å². The number of nitrogens with one attached hydrogen (secondary N) is 1. The lowest BCUT2D eigenvalue weighted by atomic mass is 10.6. The lowest BCUT2D eigenvalue weighted by Gasteiger charge is -2.01. The van der Waals surface area contributed by atoms with Gasteiger partial charge >= 0.3 is 0 Å². The summed E-state index contributed by atoms with van der Waals surface area (Å²) in [6.07, 6.45) is 0. The Morgan fingerprint density at radius 1 is 1.78 bits per heavy atom. The van der Waals surface area contributed by atoms with Crippen molar-refractivity contribution in [1.29, 1.82) is 0 Å². The molecule has 0 aliphatic heterocycles. The summed E-state index contributed by atoms with van der Waals surface area (Å²) in [4.78, 5) is 10.5. The molecule has 0 bridgehead atoms. The third-order valence-electron chi connectivity index (χ3n) is 0.745. The summed E-state index contributed by atoms with van der Waals surface area (Å²) in [6, 6.07) is 0. The second kappa shape index (κ2) is 4.68. The van der Waals surface area contributed by atoms with Crippen molar-refractivity contribution >= 4 is 17.7 Å². The van der Waals surface area contributed by atoms with E-state index in [0.717, 1.165) is 0 Å². The van der Waals surface area contributed by atoms with E-state index in [1.165, 1.54) is 0 Å². The summed E-state index contributed by atoms with van der Waals surface area (Å²) in [6.45, 7) is 4.11. The van der Waals surface area contributed by atoms with Crippen LogP contribution in [0.2, 0.25) is 0 Å². The van der Waals surface area contributed by atoms with Crippen molar-refractivity contribution in [2.24, 2.45) is 0 Å². The Bertz CT molecular complexity index is 93.1. The van der Waals surface area contributed by atoms with Gasteiger partial charge in [0.1, 0.15) is 0 Å². The average Bonchev–Trinajstić information content (AvgIpc) is 1.83. The van der Waals surface area contributed by atoms with Crippen LogP contribution in [0.3, 0.4) is 0 Å². The smallest absolute Gasteiger partial charge is 0.230 e. The molecule has 53 valence electrons. The van der Waals surface area contributed by atoms with Gasteiger partial charge in [0.2, 0.25) is 5.91 Å². The third kappa shape index (κ3) is 5.69. The van der Waals surface area contributed by atoms with Crippen LogP contribution in [0, 0.1) is 7.05 Å². The summed E-state index contributed by atoms with van der Waals surface area (Å²) in [5.41, 5.74) is 0. The Kier molecular flexibility index (Phi) is 4.58. The Labute approximate surface area is 60.4 Å². The van der Waals surface area contributed by atoms with E-state index in [0.29, 0.717) is 11.0 Å². The van der Waals surface area contributed by atoms with Crippen LogP contribution in [0.25, 0.3) is 0 Å². The summed E-state index contributed by atoms with van der Waals surface area (Å²) in [5.74, 6) is 0.509. The van der Waals surface area contributed by atoms with Crippen molar-refractivity contribution in [2.45, 2.75) is 19.1 Å². The van der Waals surface area contributed by atoms with E-state index in [-0.39, 0.29) is 5.91 Å². The largest absolute Gasteiger partial charge is 0.354 e. The molecule has 0 atom stereocenters. The predicted molar refractivity (Wildman–Crippen MR) is 41.1 cm³/mol. The molecule has 0 aliphatic rings. The molecule has 0 saturated heterocycles. The van der Waals surface area contributed by atoms with Gasteiger partial charge in [0.25, 0.3) is 0 Å². The molecule has 1 radical (unpaired) electrons. The molecule has 0 aromatic rings. The van der Waals surface area contributed by atoms with Crippen LogP contribution in [-0.2, 0) is 4.79 Å². The minimum Gasteiger partial charge on any atom is -0.354 e. The topological polar surface area (TPSA) is 29.1 Å². The first-order chi connectivity index (χ1) is 4.16. The highest BCUT2D eigenvalue weighted by Gasteiger charge is 1.99. The first-order valence-corrected chi connectivity index (χ1v) is 3.89. The van der Waals surface area contributed by atoms with Gasteiger partial charge in [0, 0.05) is 7.05 Å². The summed E-state index contributed by atoms with van der Waals surface area (Å²) < 4.78 is 0. The van der Waals surface area contributed by atoms with Gasteiger partial charge in [0.05, 0.1) is 5.75 Å². The molecule has 0 saturated carbocycles. The summed E-state index contributed by atoms with van der Waals surface area (Å²) in [5, 5.41) is 2.83. The fourth-order valence-electron chi connectivity index (χ4n) is 0.293. The molecule has 0 rings (SSSR count). The monoisotopic (exact) mass is 146 g/mol. The van der Waals surface area contributed by atoms with E-state index in [1.807, 2.05) is 0 Å². The molecular formula is C6H12NOS. The molecule has 0 unspecified atom stereocenters. The predicted octanol–water partition coefficient (Wildman–Crippen LogP) is 1.04. The molecule has 0 heterocycles. The second-order valence-electron chi connectivity index (χ2n) is 1.96. The maximum atomic E-state index is 10.5. The highest BCUT2D eigenvalue weighted by molar-refractivity contribution is 8.00. The number of hydrogen-bond acceptors (Lipinski definition) is 2. The van der Waals surface area contributed by atoms with Crippen molar-refractivity contribution in [3.05, 3.63) is 7.05 Å². The lowest BCUT2D eigenvalue weighted by Crippen LogP contribution is -2.18. The Morgan fingerprint density at radius 2 is 2.33 bits per heavy atom. The number of rotatable bonds is 3. The highest BCUT2D eigenvalue weighted by atomic mass is 32.2. The molecule has 0 aromatic carbocycles. The first-order valence-electron chi connectivity index (χ1n) is 2.84. The van der Waals surface area contributed by atoms with E-state index in [4.69, 9.17) is 0 Å². The van der Waals surface area contributed by atoms with Gasteiger partial charge in [-0.1, -0.05) is 13.8 Å². The molecule has 1 N–H and O–H groups in total. The van der Waals surface area contributed by atoms with E-state index >= 15 is 0 Å². The minimum absolute atomic E-state index is 0.00583. The molecule has 0 spiro atoms. The molecule has 3 heteroatoms. The van der Waals surface area contributed by atoms with Crippen molar-refractivity contribution < 1.29 is 4.79 Å². The van der Waals surface area contributed by atoms with Gasteiger partial charge in [-0.3, -0.25) is 4.79 Å². The number of hydrogen-bond donors (Lipinski definition) is 1. The summed E-state index contributed by atoms with van der Waals surface area (Å²) in [7, 11) is 3.25. The van der Waals surface area contributed by atoms with Crippen LogP contribution in [0.15, 0.2) is 0 Å². The maximum Gasteiger partial charge on any atom is 0.230 e. The van der Waals surface area contributed by atoms with Crippen LogP contribution in [0.5, 0.6) is 0 Å². The Hall–Kier alpha value is -0.180. The van der Waals surface area contributed by atoms with Crippen molar-refractivity contribution in [3.8, 4) is 0 Å². The molecule has 1 amide bonds. The molecule has 0 fully saturated rings. The van der Waals surface area contributed by atoms with Crippen LogP contribution >= 0.6 is 11.8 Å². The van der Waals surface area contributed by atoms with Gasteiger partial charge in [-0.15, -0.1) is 11.8 Å². The maximum absolute atomic E-state index is 10.5. The van der Waals surface area contributed by atoms with Gasteiger partial charge in [0.15, 0.2) is 0 Å². The van der Waals surface area contributed by atoms with E-state index < -0.39 is 0 Å². The highest BCUT2D eigenvalue weighted by Crippen LogP contribution is 2.07. The third-order valence-corrected chi connectivity index (χ3v) is 1.84. The molecule has 0 aromatic heterocycles. The van der Waals surface area contributed by atoms with Crippen LogP contribution in [0.4, 0.5) is 0 Å². The Balaban J connectivity index is 3.17. The number of carbonyl (C=O) groups excluding carboxylic acids is 1. The van der Waals surface area contributed by atoms with Gasteiger partial charge in [-0.25, -0.2) is 0 Å². The summed E-state index contributed by atoms with van der Waals surface area (Å²) >= 11 is 1.61. The molecule has 0 aliphatic carbocycles. The zero-order valence-electron chi connectivity index (χ0n) is 5.81. The van der Waals surface area contributed by atoms with E-state index in [2.05, 4.69) is 26.2 Å². The SMILES string of the molecule is [CH2]NC(=O)CSC(C)C. The Morgan fingerprint density at radius 3 is 2.67 bits per heavy atom. The average molecular weight is 146 g/mol. The zero-order valence-corrected chi connectivity index (χ0v) is 6.62. The number of thioether (sulfide) groups is 1. The second-order valence-corrected chi connectivity index (χ2v) is 3.52. The van der Waals surface area contributed by atoms with Crippen molar-refractivity contribution in [2.75, 3.05) is 5.75 Å². The molecular weight excluding hydrogens is 134 g/mol. The van der Waals surface area contributed by atoms with Gasteiger partial charge < -0.3 is 5.32 Å². The van der Waals surface area contributed by atoms with Crippen LogP contribution < -0.4 is 5.32 Å². The van der Waals surface area contributed by atoms with Crippen molar-refractivity contribution in [3.63, 3.8) is 0 Å². The molecule has 9 heavy (non-hydrogen) atoms. The first kappa shape index (κ1) is 8.82. The molecule has 2 nitrogen and oxygen atoms in total. The number of carbonyl (C=O) groups is 1. The normalized spacial score (nSPS) is 9.78. The fraction of sp³-hybridized carbons (Fsp3) is 0.667. The lowest BCUT2D eigenvalue weighted by molar-refractivity contribution is -0.117. The van der Waals surface area contributed by atoms with Gasteiger partial charge in [-0.05, 0) is 5.25 Å². The standard InChI is InChI=1S/C6H12NOS/c1-5(2)9-4-6(8)7-3/h5H,3-4H2,1-2H3,(H,7,8). The van der Waals surface area contributed by atoms with Crippen LogP contribution in [-0.4, -0.2) is 16.9 Å². The quantitative estimate of drug-likeness (QED) is 0.644. The number of amides is 1. The van der Waals surface area contributed by atoms with Crippen LogP contribution in [0.1, 0.15) is 13.8 Å². The fourth-order valence-corrected chi connectivity index (χ4v) is 0.880. The minimum atomic E-state index is -0.00583. The van der Waals surface area contributed by atoms with E-state index in [1.54, 1.807) is 11.8 Å². The van der Waals surface area contributed by atoms with E-state index in [9.17, 15) is 4.79 Å². The zero-order chi connectivity index (χ0) is 7.28. The van der Waals surface area contributed by atoms with Gasteiger partial charge in [-0.2, -0.15) is 0 Å².